The molecule has 2 N–H and O–H groups in total. The Morgan fingerprint density at radius 3 is 2.39 bits per heavy atom. The van der Waals surface area contributed by atoms with Crippen LogP contribution in [0.1, 0.15) is 70.7 Å². The van der Waals surface area contributed by atoms with Gasteiger partial charge in [-0.05, 0) is 56.1 Å². The van der Waals surface area contributed by atoms with E-state index in [9.17, 15) is 18.8 Å². The number of amides is 3. The predicted octanol–water partition coefficient (Wildman–Crippen LogP) is 4.32. The SMILES string of the molecule is Cc1ncsc1-c1ccc([C@@H](C)NC(=O)[C@@H]2CCCN2C(=O)[C@@H](NC(=O)C2(F)CC2)C(C)(C)C)cc1. The number of hydrogen-bond acceptors (Lipinski definition) is 5. The number of likely N-dealkylation sites (tertiary alicyclic amines) is 1. The van der Waals surface area contributed by atoms with Crippen molar-refractivity contribution < 1.29 is 18.8 Å². The molecule has 0 radical (unpaired) electrons. The molecule has 2 aliphatic rings. The average Bonchev–Trinajstić information content (AvgIpc) is 3.21. The van der Waals surface area contributed by atoms with E-state index < -0.39 is 29.1 Å². The monoisotopic (exact) mass is 514 g/mol. The lowest BCUT2D eigenvalue weighted by molar-refractivity contribution is -0.145. The highest BCUT2D eigenvalue weighted by Gasteiger charge is 2.53. The maximum Gasteiger partial charge on any atom is 0.258 e. The van der Waals surface area contributed by atoms with E-state index in [1.165, 1.54) is 0 Å². The van der Waals surface area contributed by atoms with Crippen molar-refractivity contribution in [1.82, 2.24) is 20.5 Å². The minimum atomic E-state index is -1.87. The largest absolute Gasteiger partial charge is 0.348 e. The Labute approximate surface area is 215 Å². The van der Waals surface area contributed by atoms with E-state index in [-0.39, 0.29) is 30.7 Å². The molecule has 9 heteroatoms. The van der Waals surface area contributed by atoms with Crippen LogP contribution in [0.4, 0.5) is 4.39 Å². The normalized spacial score (nSPS) is 20.5. The summed E-state index contributed by atoms with van der Waals surface area (Å²) in [5.41, 5.74) is 2.36. The topological polar surface area (TPSA) is 91.4 Å². The molecule has 3 atom stereocenters. The van der Waals surface area contributed by atoms with Crippen LogP contribution in [0.5, 0.6) is 0 Å². The molecule has 1 aromatic heterocycles. The van der Waals surface area contributed by atoms with Gasteiger partial charge in [-0.2, -0.15) is 0 Å². The fraction of sp³-hybridized carbons (Fsp3) is 0.556. The van der Waals surface area contributed by atoms with Gasteiger partial charge in [0.2, 0.25) is 11.8 Å². The van der Waals surface area contributed by atoms with Gasteiger partial charge in [0.1, 0.15) is 12.1 Å². The van der Waals surface area contributed by atoms with Crippen molar-refractivity contribution in [3.63, 3.8) is 0 Å². The third-order valence-corrected chi connectivity index (χ3v) is 8.08. The maximum absolute atomic E-state index is 14.3. The number of halogens is 1. The van der Waals surface area contributed by atoms with Gasteiger partial charge < -0.3 is 15.5 Å². The van der Waals surface area contributed by atoms with Gasteiger partial charge in [0.25, 0.3) is 5.91 Å². The number of aromatic nitrogens is 1. The van der Waals surface area contributed by atoms with Crippen LogP contribution in [-0.4, -0.2) is 51.9 Å². The number of alkyl halides is 1. The summed E-state index contributed by atoms with van der Waals surface area (Å²) in [6, 6.07) is 6.26. The fourth-order valence-corrected chi connectivity index (χ4v) is 5.42. The third-order valence-electron chi connectivity index (χ3n) is 7.10. The molecule has 2 fully saturated rings. The van der Waals surface area contributed by atoms with Crippen molar-refractivity contribution in [3.05, 3.63) is 41.0 Å². The molecule has 0 bridgehead atoms. The van der Waals surface area contributed by atoms with Gasteiger partial charge in [-0.3, -0.25) is 14.4 Å². The standard InChI is InChI=1S/C27H35FN4O3S/c1-16(18-8-10-19(11-9-18)21-17(2)29-15-36-21)30-23(33)20-7-6-14-32(20)24(34)22(26(3,4)5)31-25(35)27(28)12-13-27/h8-11,15-16,20,22H,6-7,12-14H2,1-5H3,(H,30,33)(H,31,35)/t16-,20+,22-/m1/s1. The Hall–Kier alpha value is -2.81. The van der Waals surface area contributed by atoms with Gasteiger partial charge in [0.05, 0.1) is 22.1 Å². The molecule has 4 rings (SSSR count). The molecule has 1 saturated carbocycles. The number of thiazole rings is 1. The summed E-state index contributed by atoms with van der Waals surface area (Å²) in [4.78, 5) is 46.1. The van der Waals surface area contributed by atoms with Crippen molar-refractivity contribution in [2.45, 2.75) is 84.1 Å². The van der Waals surface area contributed by atoms with Crippen LogP contribution in [0.2, 0.25) is 0 Å². The number of carbonyl (C=O) groups is 3. The Bertz CT molecular complexity index is 1140. The first-order valence-corrected chi connectivity index (χ1v) is 13.4. The molecule has 36 heavy (non-hydrogen) atoms. The lowest BCUT2D eigenvalue weighted by Crippen LogP contribution is -2.59. The predicted molar refractivity (Wildman–Crippen MR) is 138 cm³/mol. The highest BCUT2D eigenvalue weighted by molar-refractivity contribution is 7.13. The molecule has 0 spiro atoms. The van der Waals surface area contributed by atoms with Gasteiger partial charge in [0, 0.05) is 6.54 Å². The Morgan fingerprint density at radius 1 is 1.17 bits per heavy atom. The van der Waals surface area contributed by atoms with Crippen LogP contribution in [0.15, 0.2) is 29.8 Å². The molecule has 7 nitrogen and oxygen atoms in total. The zero-order chi connectivity index (χ0) is 26.3. The summed E-state index contributed by atoms with van der Waals surface area (Å²) < 4.78 is 14.3. The zero-order valence-electron chi connectivity index (χ0n) is 21.6. The number of carbonyl (C=O) groups excluding carboxylic acids is 3. The summed E-state index contributed by atoms with van der Waals surface area (Å²) in [6.07, 6.45) is 1.60. The summed E-state index contributed by atoms with van der Waals surface area (Å²) >= 11 is 1.59. The zero-order valence-corrected chi connectivity index (χ0v) is 22.4. The number of nitrogens with one attached hydrogen (secondary N) is 2. The van der Waals surface area contributed by atoms with Crippen molar-refractivity contribution in [1.29, 1.82) is 0 Å². The molecular formula is C27H35FN4O3S. The second kappa shape index (κ2) is 9.92. The van der Waals surface area contributed by atoms with Gasteiger partial charge in [-0.15, -0.1) is 11.3 Å². The first-order valence-electron chi connectivity index (χ1n) is 12.5. The van der Waals surface area contributed by atoms with Crippen LogP contribution in [-0.2, 0) is 14.4 Å². The minimum Gasteiger partial charge on any atom is -0.348 e. The van der Waals surface area contributed by atoms with Crippen LogP contribution in [0.25, 0.3) is 10.4 Å². The summed E-state index contributed by atoms with van der Waals surface area (Å²) in [5.74, 6) is -1.30. The Kier molecular flexibility index (Phi) is 7.23. The summed E-state index contributed by atoms with van der Waals surface area (Å²) in [7, 11) is 0. The van der Waals surface area contributed by atoms with Crippen LogP contribution in [0, 0.1) is 12.3 Å². The van der Waals surface area contributed by atoms with E-state index in [0.717, 1.165) is 21.7 Å². The van der Waals surface area contributed by atoms with E-state index in [4.69, 9.17) is 0 Å². The second-order valence-electron chi connectivity index (χ2n) is 11.0. The number of aryl methyl sites for hydroxylation is 1. The van der Waals surface area contributed by atoms with E-state index in [1.54, 1.807) is 16.2 Å². The second-order valence-corrected chi connectivity index (χ2v) is 11.9. The highest BCUT2D eigenvalue weighted by atomic mass is 32.1. The van der Waals surface area contributed by atoms with Gasteiger partial charge in [-0.25, -0.2) is 9.37 Å². The molecule has 1 aromatic carbocycles. The third kappa shape index (κ3) is 5.45. The van der Waals surface area contributed by atoms with Gasteiger partial charge in [-0.1, -0.05) is 45.0 Å². The summed E-state index contributed by atoms with van der Waals surface area (Å²) in [6.45, 7) is 9.82. The van der Waals surface area contributed by atoms with Crippen LogP contribution in [0.3, 0.4) is 0 Å². The smallest absolute Gasteiger partial charge is 0.258 e. The highest BCUT2D eigenvalue weighted by Crippen LogP contribution is 2.40. The molecule has 1 aliphatic heterocycles. The lowest BCUT2D eigenvalue weighted by Gasteiger charge is -2.36. The maximum atomic E-state index is 14.3. The first-order chi connectivity index (χ1) is 16.9. The Balaban J connectivity index is 1.43. The molecule has 2 aromatic rings. The fourth-order valence-electron chi connectivity index (χ4n) is 4.61. The molecular weight excluding hydrogens is 479 g/mol. The molecule has 1 aliphatic carbocycles. The van der Waals surface area contributed by atoms with Crippen molar-refractivity contribution in [3.8, 4) is 10.4 Å². The minimum absolute atomic E-state index is 0.182. The number of nitrogens with zero attached hydrogens (tertiary/aromatic N) is 2. The van der Waals surface area contributed by atoms with Crippen LogP contribution < -0.4 is 10.6 Å². The number of benzene rings is 1. The molecule has 2 heterocycles. The molecule has 3 amide bonds. The number of rotatable bonds is 7. The van der Waals surface area contributed by atoms with E-state index >= 15 is 0 Å². The van der Waals surface area contributed by atoms with Crippen LogP contribution >= 0.6 is 11.3 Å². The van der Waals surface area contributed by atoms with Gasteiger partial charge in [0.15, 0.2) is 5.67 Å². The molecule has 194 valence electrons. The quantitative estimate of drug-likeness (QED) is 0.576. The Morgan fingerprint density at radius 2 is 1.83 bits per heavy atom. The summed E-state index contributed by atoms with van der Waals surface area (Å²) in [5, 5.41) is 5.69. The van der Waals surface area contributed by atoms with E-state index in [0.29, 0.717) is 19.4 Å². The van der Waals surface area contributed by atoms with E-state index in [2.05, 4.69) is 15.6 Å². The van der Waals surface area contributed by atoms with E-state index in [1.807, 2.05) is 64.4 Å². The van der Waals surface area contributed by atoms with Crippen molar-refractivity contribution in [2.24, 2.45) is 5.41 Å². The molecule has 1 saturated heterocycles. The number of hydrogen-bond donors (Lipinski definition) is 2. The lowest BCUT2D eigenvalue weighted by atomic mass is 9.85. The van der Waals surface area contributed by atoms with Crippen molar-refractivity contribution in [2.75, 3.05) is 6.54 Å². The van der Waals surface area contributed by atoms with Gasteiger partial charge >= 0.3 is 0 Å². The first kappa shape index (κ1) is 26.3. The molecule has 0 unspecified atom stereocenters. The van der Waals surface area contributed by atoms with Crippen molar-refractivity contribution >= 4 is 29.1 Å². The average molecular weight is 515 g/mol.